The van der Waals surface area contributed by atoms with Gasteiger partial charge in [0.1, 0.15) is 0 Å². The quantitative estimate of drug-likeness (QED) is 0.580. The van der Waals surface area contributed by atoms with E-state index in [4.69, 9.17) is 5.14 Å². The second-order valence-corrected chi connectivity index (χ2v) is 9.50. The van der Waals surface area contributed by atoms with Crippen LogP contribution in [-0.2, 0) is 27.1 Å². The predicted octanol–water partition coefficient (Wildman–Crippen LogP) is 2.90. The van der Waals surface area contributed by atoms with Gasteiger partial charge in [0.05, 0.1) is 20.9 Å². The molecule has 9 heteroatoms. The zero-order valence-electron chi connectivity index (χ0n) is 14.9. The van der Waals surface area contributed by atoms with Crippen molar-refractivity contribution in [2.75, 3.05) is 5.75 Å². The first kappa shape index (κ1) is 20.5. The lowest BCUT2D eigenvalue weighted by Gasteiger charge is -2.02. The van der Waals surface area contributed by atoms with Crippen LogP contribution in [0.1, 0.15) is 5.56 Å². The van der Waals surface area contributed by atoms with E-state index in [1.54, 1.807) is 12.1 Å². The van der Waals surface area contributed by atoms with E-state index in [-0.39, 0.29) is 16.6 Å². The molecule has 0 atom stereocenters. The molecule has 1 aromatic heterocycles. The highest BCUT2D eigenvalue weighted by molar-refractivity contribution is 7.99. The van der Waals surface area contributed by atoms with Gasteiger partial charge in [0, 0.05) is 12.3 Å². The van der Waals surface area contributed by atoms with Crippen LogP contribution in [0.2, 0.25) is 0 Å². The monoisotopic (exact) mass is 433 g/mol. The van der Waals surface area contributed by atoms with Crippen molar-refractivity contribution < 1.29 is 13.2 Å². The van der Waals surface area contributed by atoms with Crippen LogP contribution in [0, 0.1) is 0 Å². The number of primary sulfonamides is 1. The maximum Gasteiger partial charge on any atom is 0.258 e. The molecule has 3 rings (SSSR count). The molecule has 1 heterocycles. The molecule has 146 valence electrons. The molecule has 2 N–H and O–H groups in total. The standard InChI is InChI=1S/C19H19N3O3S3/c1-2-10-22-16-9-8-15(28(20,24)25)11-17(16)27-19(22)21-18(23)13-26-12-14-6-4-3-5-7-14/h2-9,11H,1,10,12-13H2,(H2,20,24,25). The number of carbonyl (C=O) groups excluding carboxylic acids is 1. The van der Waals surface area contributed by atoms with Crippen LogP contribution in [0.3, 0.4) is 0 Å². The van der Waals surface area contributed by atoms with Crippen molar-refractivity contribution in [3.63, 3.8) is 0 Å². The second kappa shape index (κ2) is 8.87. The van der Waals surface area contributed by atoms with Gasteiger partial charge in [0.2, 0.25) is 10.0 Å². The van der Waals surface area contributed by atoms with E-state index in [9.17, 15) is 13.2 Å². The van der Waals surface area contributed by atoms with Gasteiger partial charge in [-0.25, -0.2) is 13.6 Å². The molecule has 1 amide bonds. The molecule has 0 aliphatic heterocycles. The fourth-order valence-corrected chi connectivity index (χ4v) is 5.07. The number of nitrogens with zero attached hydrogens (tertiary/aromatic N) is 2. The molecule has 2 aromatic carbocycles. The number of rotatable bonds is 7. The van der Waals surface area contributed by atoms with Crippen molar-refractivity contribution >= 4 is 49.2 Å². The Morgan fingerprint density at radius 3 is 2.68 bits per heavy atom. The Bertz CT molecular complexity index is 1180. The summed E-state index contributed by atoms with van der Waals surface area (Å²) >= 11 is 2.75. The molecule has 0 aliphatic carbocycles. The summed E-state index contributed by atoms with van der Waals surface area (Å²) in [6, 6.07) is 14.5. The Morgan fingerprint density at radius 2 is 2.00 bits per heavy atom. The molecule has 0 spiro atoms. The van der Waals surface area contributed by atoms with Gasteiger partial charge < -0.3 is 4.57 Å². The molecular weight excluding hydrogens is 414 g/mol. The maximum atomic E-state index is 12.3. The van der Waals surface area contributed by atoms with Crippen LogP contribution in [0.25, 0.3) is 10.2 Å². The fraction of sp³-hybridized carbons (Fsp3) is 0.158. The van der Waals surface area contributed by atoms with Crippen molar-refractivity contribution in [2.45, 2.75) is 17.2 Å². The number of amides is 1. The number of hydrogen-bond donors (Lipinski definition) is 1. The summed E-state index contributed by atoms with van der Waals surface area (Å²) in [5.41, 5.74) is 1.93. The molecule has 0 saturated heterocycles. The van der Waals surface area contributed by atoms with Crippen molar-refractivity contribution in [3.8, 4) is 0 Å². The number of aromatic nitrogens is 1. The molecule has 0 fully saturated rings. The summed E-state index contributed by atoms with van der Waals surface area (Å²) in [6.45, 7) is 4.20. The van der Waals surface area contributed by atoms with Crippen molar-refractivity contribution in [3.05, 3.63) is 71.6 Å². The van der Waals surface area contributed by atoms with Gasteiger partial charge in [0.25, 0.3) is 5.91 Å². The summed E-state index contributed by atoms with van der Waals surface area (Å²) in [7, 11) is -3.80. The van der Waals surface area contributed by atoms with Gasteiger partial charge >= 0.3 is 0 Å². The Morgan fingerprint density at radius 1 is 1.25 bits per heavy atom. The first-order valence-corrected chi connectivity index (χ1v) is 11.9. The third-order valence-electron chi connectivity index (χ3n) is 3.85. The summed E-state index contributed by atoms with van der Waals surface area (Å²) in [4.78, 5) is 17.1. The average Bonchev–Trinajstić information content (AvgIpc) is 2.99. The predicted molar refractivity (Wildman–Crippen MR) is 115 cm³/mol. The first-order valence-electron chi connectivity index (χ1n) is 8.35. The van der Waals surface area contributed by atoms with Crippen LogP contribution in [0.4, 0.5) is 0 Å². The van der Waals surface area contributed by atoms with Crippen molar-refractivity contribution in [1.82, 2.24) is 4.57 Å². The van der Waals surface area contributed by atoms with Crippen LogP contribution in [-0.4, -0.2) is 24.6 Å². The molecule has 0 unspecified atom stereocenters. The third-order valence-corrected chi connectivity index (χ3v) is 6.79. The Balaban J connectivity index is 1.86. The summed E-state index contributed by atoms with van der Waals surface area (Å²) < 4.78 is 25.7. The molecule has 0 bridgehead atoms. The van der Waals surface area contributed by atoms with E-state index in [2.05, 4.69) is 11.6 Å². The van der Waals surface area contributed by atoms with Gasteiger partial charge in [-0.05, 0) is 23.8 Å². The lowest BCUT2D eigenvalue weighted by molar-refractivity contribution is -0.115. The minimum atomic E-state index is -3.80. The molecule has 0 aliphatic rings. The fourth-order valence-electron chi connectivity index (χ4n) is 2.59. The summed E-state index contributed by atoms with van der Waals surface area (Å²) in [5.74, 6) is 0.760. The highest BCUT2D eigenvalue weighted by Gasteiger charge is 2.12. The molecule has 0 saturated carbocycles. The van der Waals surface area contributed by atoms with Crippen LogP contribution < -0.4 is 9.94 Å². The lowest BCUT2D eigenvalue weighted by Crippen LogP contribution is -2.17. The number of hydrogen-bond acceptors (Lipinski definition) is 5. The molecule has 0 radical (unpaired) electrons. The minimum absolute atomic E-state index is 0.0308. The van der Waals surface area contributed by atoms with Crippen LogP contribution in [0.5, 0.6) is 0 Å². The Kier molecular flexibility index (Phi) is 6.50. The molecular formula is C19H19N3O3S3. The number of sulfonamides is 1. The summed E-state index contributed by atoms with van der Waals surface area (Å²) in [6.07, 6.45) is 1.70. The van der Waals surface area contributed by atoms with E-state index < -0.39 is 10.0 Å². The number of thiazole rings is 1. The number of allylic oxidation sites excluding steroid dienone is 1. The number of carbonyl (C=O) groups is 1. The number of benzene rings is 2. The van der Waals surface area contributed by atoms with E-state index in [1.807, 2.05) is 34.9 Å². The lowest BCUT2D eigenvalue weighted by atomic mass is 10.2. The third kappa shape index (κ3) is 4.99. The van der Waals surface area contributed by atoms with Gasteiger partial charge in [-0.1, -0.05) is 47.7 Å². The van der Waals surface area contributed by atoms with Crippen LogP contribution >= 0.6 is 23.1 Å². The highest BCUT2D eigenvalue weighted by Crippen LogP contribution is 2.21. The highest BCUT2D eigenvalue weighted by atomic mass is 32.2. The van der Waals surface area contributed by atoms with E-state index in [1.165, 1.54) is 35.2 Å². The van der Waals surface area contributed by atoms with E-state index >= 15 is 0 Å². The van der Waals surface area contributed by atoms with Crippen molar-refractivity contribution in [1.29, 1.82) is 0 Å². The van der Waals surface area contributed by atoms with E-state index in [0.717, 1.165) is 16.8 Å². The molecule has 6 nitrogen and oxygen atoms in total. The zero-order valence-corrected chi connectivity index (χ0v) is 17.4. The largest absolute Gasteiger partial charge is 0.313 e. The SMILES string of the molecule is C=CCn1c(=NC(=O)CSCc2ccccc2)sc2cc(S(N)(=O)=O)ccc21. The molecule has 28 heavy (non-hydrogen) atoms. The zero-order chi connectivity index (χ0) is 20.1. The van der Waals surface area contributed by atoms with Gasteiger partial charge in [-0.2, -0.15) is 4.99 Å². The van der Waals surface area contributed by atoms with Gasteiger partial charge in [-0.15, -0.1) is 18.3 Å². The Labute approximate surface area is 171 Å². The topological polar surface area (TPSA) is 94.5 Å². The van der Waals surface area contributed by atoms with Crippen molar-refractivity contribution in [2.24, 2.45) is 10.1 Å². The minimum Gasteiger partial charge on any atom is -0.313 e. The smallest absolute Gasteiger partial charge is 0.258 e. The first-order chi connectivity index (χ1) is 13.4. The van der Waals surface area contributed by atoms with E-state index in [0.29, 0.717) is 16.0 Å². The summed E-state index contributed by atoms with van der Waals surface area (Å²) in [5, 5.41) is 5.21. The Hall–Kier alpha value is -2.20. The maximum absolute atomic E-state index is 12.3. The van der Waals surface area contributed by atoms with Gasteiger partial charge in [-0.3, -0.25) is 4.79 Å². The average molecular weight is 434 g/mol. The number of nitrogens with two attached hydrogens (primary N) is 1. The van der Waals surface area contributed by atoms with Gasteiger partial charge in [0.15, 0.2) is 4.80 Å². The second-order valence-electron chi connectivity index (χ2n) is 5.94. The normalized spacial score (nSPS) is 12.4. The number of thioether (sulfide) groups is 1. The molecule has 3 aromatic rings. The number of fused-ring (bicyclic) bond motifs is 1. The van der Waals surface area contributed by atoms with Crippen LogP contribution in [0.15, 0.2) is 71.1 Å².